The van der Waals surface area contributed by atoms with E-state index in [-0.39, 0.29) is 11.4 Å². The zero-order valence-electron chi connectivity index (χ0n) is 16.5. The summed E-state index contributed by atoms with van der Waals surface area (Å²) in [6.07, 6.45) is 0. The van der Waals surface area contributed by atoms with Gasteiger partial charge in [-0.25, -0.2) is 0 Å². The zero-order valence-corrected chi connectivity index (χ0v) is 17.3. The van der Waals surface area contributed by atoms with Gasteiger partial charge in [0.05, 0.1) is 21.2 Å². The first-order valence-corrected chi connectivity index (χ1v) is 10.5. The number of benzene rings is 4. The van der Waals surface area contributed by atoms with Crippen LogP contribution in [0.1, 0.15) is 0 Å². The van der Waals surface area contributed by atoms with Gasteiger partial charge < -0.3 is 5.32 Å². The Kier molecular flexibility index (Phi) is 4.84. The Hall–Kier alpha value is -4.17. The van der Waals surface area contributed by atoms with E-state index in [9.17, 15) is 20.2 Å². The summed E-state index contributed by atoms with van der Waals surface area (Å²) >= 11 is 1.59. The SMILES string of the molecule is O=[N+]([O-])c1cccc(-c2ccc3c(c2)Sc2cc(-c4cccc([N+](=O)[O-])c4)ccc2N3)c1. The van der Waals surface area contributed by atoms with Crippen molar-refractivity contribution in [3.8, 4) is 22.3 Å². The molecule has 0 radical (unpaired) electrons. The number of non-ortho nitro benzene ring substituents is 2. The topological polar surface area (TPSA) is 98.3 Å². The third-order valence-corrected chi connectivity index (χ3v) is 6.35. The molecule has 0 unspecified atom stereocenters. The number of nitrogens with one attached hydrogen (secondary N) is 1. The summed E-state index contributed by atoms with van der Waals surface area (Å²) in [7, 11) is 0. The first kappa shape index (κ1) is 19.8. The summed E-state index contributed by atoms with van der Waals surface area (Å²) in [5.41, 5.74) is 5.35. The fraction of sp³-hybridized carbons (Fsp3) is 0. The Morgan fingerprint density at radius 2 is 1.03 bits per heavy atom. The van der Waals surface area contributed by atoms with E-state index >= 15 is 0 Å². The summed E-state index contributed by atoms with van der Waals surface area (Å²) in [4.78, 5) is 23.4. The van der Waals surface area contributed by atoms with E-state index < -0.39 is 9.85 Å². The molecule has 7 nitrogen and oxygen atoms in total. The average molecular weight is 441 g/mol. The van der Waals surface area contributed by atoms with Gasteiger partial charge in [0, 0.05) is 34.1 Å². The minimum absolute atomic E-state index is 0.0536. The molecule has 1 heterocycles. The molecule has 0 aromatic heterocycles. The molecule has 0 amide bonds. The number of nitrogens with zero attached hydrogens (tertiary/aromatic N) is 2. The maximum Gasteiger partial charge on any atom is 0.270 e. The lowest BCUT2D eigenvalue weighted by atomic mass is 10.0. The summed E-state index contributed by atoms with van der Waals surface area (Å²) < 4.78 is 0. The molecule has 1 aliphatic rings. The highest BCUT2D eigenvalue weighted by molar-refractivity contribution is 7.99. The number of anilines is 2. The van der Waals surface area contributed by atoms with Crippen LogP contribution in [0.5, 0.6) is 0 Å². The van der Waals surface area contributed by atoms with Crippen molar-refractivity contribution in [2.75, 3.05) is 5.32 Å². The van der Waals surface area contributed by atoms with E-state index in [0.717, 1.165) is 43.4 Å². The van der Waals surface area contributed by atoms with Crippen molar-refractivity contribution in [3.63, 3.8) is 0 Å². The van der Waals surface area contributed by atoms with Gasteiger partial charge in [0.2, 0.25) is 0 Å². The van der Waals surface area contributed by atoms with Crippen LogP contribution in [-0.4, -0.2) is 9.85 Å². The highest BCUT2D eigenvalue weighted by Crippen LogP contribution is 2.46. The van der Waals surface area contributed by atoms with E-state index in [2.05, 4.69) is 5.32 Å². The third-order valence-electron chi connectivity index (χ3n) is 5.23. The van der Waals surface area contributed by atoms with E-state index in [1.807, 2.05) is 48.5 Å². The van der Waals surface area contributed by atoms with Crippen LogP contribution in [-0.2, 0) is 0 Å². The number of hydrogen-bond acceptors (Lipinski definition) is 6. The van der Waals surface area contributed by atoms with Gasteiger partial charge in [0.15, 0.2) is 0 Å². The largest absolute Gasteiger partial charge is 0.354 e. The highest BCUT2D eigenvalue weighted by atomic mass is 32.2. The second kappa shape index (κ2) is 7.82. The second-order valence-electron chi connectivity index (χ2n) is 7.26. The Balaban J connectivity index is 1.49. The van der Waals surface area contributed by atoms with Crippen LogP contribution in [0.4, 0.5) is 22.7 Å². The molecule has 1 N–H and O–H groups in total. The molecule has 156 valence electrons. The maximum atomic E-state index is 11.1. The number of hydrogen-bond donors (Lipinski definition) is 1. The lowest BCUT2D eigenvalue weighted by Crippen LogP contribution is -2.00. The van der Waals surface area contributed by atoms with Crippen molar-refractivity contribution in [1.82, 2.24) is 0 Å². The number of fused-ring (bicyclic) bond motifs is 2. The molecule has 0 bridgehead atoms. The van der Waals surface area contributed by atoms with Crippen LogP contribution < -0.4 is 5.32 Å². The maximum absolute atomic E-state index is 11.1. The first-order chi connectivity index (χ1) is 15.5. The zero-order chi connectivity index (χ0) is 22.2. The lowest BCUT2D eigenvalue weighted by Gasteiger charge is -2.22. The molecule has 5 rings (SSSR count). The van der Waals surface area contributed by atoms with Gasteiger partial charge in [0.25, 0.3) is 11.4 Å². The Morgan fingerprint density at radius 1 is 0.594 bits per heavy atom. The summed E-state index contributed by atoms with van der Waals surface area (Å²) in [6, 6.07) is 25.0. The van der Waals surface area contributed by atoms with Crippen LogP contribution in [0.15, 0.2) is 94.7 Å². The second-order valence-corrected chi connectivity index (χ2v) is 8.35. The van der Waals surface area contributed by atoms with Crippen molar-refractivity contribution >= 4 is 34.5 Å². The normalized spacial score (nSPS) is 11.8. The molecule has 0 spiro atoms. The molecular weight excluding hydrogens is 426 g/mol. The Morgan fingerprint density at radius 3 is 1.47 bits per heavy atom. The Labute approximate surface area is 187 Å². The van der Waals surface area contributed by atoms with Crippen LogP contribution in [0, 0.1) is 20.2 Å². The molecule has 4 aromatic rings. The molecule has 0 aliphatic carbocycles. The van der Waals surface area contributed by atoms with Gasteiger partial charge in [-0.05, 0) is 46.5 Å². The molecule has 1 aliphatic heterocycles. The third kappa shape index (κ3) is 3.67. The number of rotatable bonds is 4. The van der Waals surface area contributed by atoms with E-state index in [0.29, 0.717) is 0 Å². The standard InChI is InChI=1S/C24H15N3O4S/c28-26(29)19-5-1-3-15(11-19)17-7-9-21-23(13-17)32-24-14-18(8-10-22(24)25-21)16-4-2-6-20(12-16)27(30)31/h1-14,25H. The van der Waals surface area contributed by atoms with Crippen LogP contribution in [0.3, 0.4) is 0 Å². The monoisotopic (exact) mass is 441 g/mol. The predicted octanol–water partition coefficient (Wildman–Crippen LogP) is 7.05. The Bertz CT molecular complexity index is 1300. The van der Waals surface area contributed by atoms with Gasteiger partial charge in [-0.1, -0.05) is 48.2 Å². The van der Waals surface area contributed by atoms with E-state index in [1.165, 1.54) is 12.1 Å². The molecular formula is C24H15N3O4S. The van der Waals surface area contributed by atoms with Crippen LogP contribution in [0.2, 0.25) is 0 Å². The van der Waals surface area contributed by atoms with Crippen molar-refractivity contribution in [3.05, 3.63) is 105 Å². The van der Waals surface area contributed by atoms with Crippen molar-refractivity contribution in [1.29, 1.82) is 0 Å². The van der Waals surface area contributed by atoms with Crippen molar-refractivity contribution in [2.24, 2.45) is 0 Å². The molecule has 0 saturated heterocycles. The average Bonchev–Trinajstić information content (AvgIpc) is 2.82. The van der Waals surface area contributed by atoms with E-state index in [4.69, 9.17) is 0 Å². The minimum atomic E-state index is -0.399. The molecule has 4 aromatic carbocycles. The van der Waals surface area contributed by atoms with Gasteiger partial charge in [0.1, 0.15) is 0 Å². The summed E-state index contributed by atoms with van der Waals surface area (Å²) in [5, 5.41) is 25.7. The number of nitro benzene ring substituents is 2. The molecule has 0 fully saturated rings. The number of nitro groups is 2. The highest BCUT2D eigenvalue weighted by Gasteiger charge is 2.18. The fourth-order valence-electron chi connectivity index (χ4n) is 3.64. The van der Waals surface area contributed by atoms with E-state index in [1.54, 1.807) is 36.0 Å². The van der Waals surface area contributed by atoms with Crippen LogP contribution >= 0.6 is 11.8 Å². The van der Waals surface area contributed by atoms with Crippen molar-refractivity contribution in [2.45, 2.75) is 9.79 Å². The minimum Gasteiger partial charge on any atom is -0.354 e. The first-order valence-electron chi connectivity index (χ1n) is 9.70. The van der Waals surface area contributed by atoms with Gasteiger partial charge in [-0.3, -0.25) is 20.2 Å². The molecule has 0 saturated carbocycles. The molecule has 0 atom stereocenters. The fourth-order valence-corrected chi connectivity index (χ4v) is 4.71. The van der Waals surface area contributed by atoms with Gasteiger partial charge in [-0.15, -0.1) is 0 Å². The quantitative estimate of drug-likeness (QED) is 0.237. The lowest BCUT2D eigenvalue weighted by molar-refractivity contribution is -0.385. The molecule has 32 heavy (non-hydrogen) atoms. The van der Waals surface area contributed by atoms with Crippen LogP contribution in [0.25, 0.3) is 22.3 Å². The smallest absolute Gasteiger partial charge is 0.270 e. The van der Waals surface area contributed by atoms with Gasteiger partial charge >= 0.3 is 0 Å². The predicted molar refractivity (Wildman–Crippen MR) is 124 cm³/mol. The van der Waals surface area contributed by atoms with Crippen molar-refractivity contribution < 1.29 is 9.85 Å². The summed E-state index contributed by atoms with van der Waals surface area (Å²) in [5.74, 6) is 0. The molecule has 8 heteroatoms. The van der Waals surface area contributed by atoms with Gasteiger partial charge in [-0.2, -0.15) is 0 Å². The summed E-state index contributed by atoms with van der Waals surface area (Å²) in [6.45, 7) is 0.